The van der Waals surface area contributed by atoms with E-state index in [0.717, 1.165) is 10.6 Å². The van der Waals surface area contributed by atoms with Crippen LogP contribution in [0, 0.1) is 0 Å². The third-order valence-electron chi connectivity index (χ3n) is 3.25. The number of amides is 2. The zero-order chi connectivity index (χ0) is 14.8. The van der Waals surface area contributed by atoms with Gasteiger partial charge in [0.25, 0.3) is 11.8 Å². The second kappa shape index (κ2) is 5.38. The van der Waals surface area contributed by atoms with Crippen LogP contribution in [0.5, 0.6) is 5.75 Å². The fourth-order valence-electron chi connectivity index (χ4n) is 2.19. The highest BCUT2D eigenvalue weighted by molar-refractivity contribution is 6.20. The van der Waals surface area contributed by atoms with Gasteiger partial charge in [0, 0.05) is 0 Å². The van der Waals surface area contributed by atoms with Crippen LogP contribution in [0.4, 0.5) is 0 Å². The van der Waals surface area contributed by atoms with E-state index in [-0.39, 0.29) is 6.61 Å². The number of hydrogen-bond donors (Lipinski definition) is 0. The maximum atomic E-state index is 12.1. The van der Waals surface area contributed by atoms with Gasteiger partial charge >= 0.3 is 0 Å². The summed E-state index contributed by atoms with van der Waals surface area (Å²) in [7, 11) is 1.57. The van der Waals surface area contributed by atoms with E-state index in [4.69, 9.17) is 9.57 Å². The Hall–Kier alpha value is -2.66. The summed E-state index contributed by atoms with van der Waals surface area (Å²) in [5.41, 5.74) is 1.55. The van der Waals surface area contributed by atoms with E-state index < -0.39 is 11.8 Å². The molecular weight excluding hydrogens is 270 g/mol. The normalized spacial score (nSPS) is 13.5. The summed E-state index contributed by atoms with van der Waals surface area (Å²) in [5.74, 6) is -0.171. The fourth-order valence-corrected chi connectivity index (χ4v) is 2.19. The van der Waals surface area contributed by atoms with Gasteiger partial charge < -0.3 is 4.74 Å². The summed E-state index contributed by atoms with van der Waals surface area (Å²) in [6.45, 7) is 0.114. The Labute approximate surface area is 121 Å². The number of methoxy groups -OCH3 is 1. The number of carbonyl (C=O) groups excluding carboxylic acids is 2. The Morgan fingerprint density at radius 1 is 0.952 bits per heavy atom. The fraction of sp³-hybridized carbons (Fsp3) is 0.125. The highest BCUT2D eigenvalue weighted by atomic mass is 16.7. The van der Waals surface area contributed by atoms with Gasteiger partial charge in [0.1, 0.15) is 12.4 Å². The van der Waals surface area contributed by atoms with E-state index >= 15 is 0 Å². The van der Waals surface area contributed by atoms with Gasteiger partial charge in [0.2, 0.25) is 0 Å². The van der Waals surface area contributed by atoms with Crippen LogP contribution in [-0.4, -0.2) is 24.0 Å². The van der Waals surface area contributed by atoms with Crippen molar-refractivity contribution in [1.82, 2.24) is 5.06 Å². The predicted molar refractivity (Wildman–Crippen MR) is 74.7 cm³/mol. The average molecular weight is 283 g/mol. The first-order valence-corrected chi connectivity index (χ1v) is 6.44. The lowest BCUT2D eigenvalue weighted by Crippen LogP contribution is -2.29. The van der Waals surface area contributed by atoms with E-state index in [1.165, 1.54) is 0 Å². The first-order chi connectivity index (χ1) is 10.2. The van der Waals surface area contributed by atoms with Gasteiger partial charge in [-0.25, -0.2) is 0 Å². The molecule has 0 N–H and O–H groups in total. The Bertz CT molecular complexity index is 676. The van der Waals surface area contributed by atoms with Crippen molar-refractivity contribution < 1.29 is 19.2 Å². The van der Waals surface area contributed by atoms with Gasteiger partial charge in [-0.1, -0.05) is 24.3 Å². The van der Waals surface area contributed by atoms with Gasteiger partial charge in [0.15, 0.2) is 0 Å². The third kappa shape index (κ3) is 2.39. The first-order valence-electron chi connectivity index (χ1n) is 6.44. The van der Waals surface area contributed by atoms with Crippen LogP contribution in [0.1, 0.15) is 26.3 Å². The van der Waals surface area contributed by atoms with Crippen LogP contribution < -0.4 is 4.74 Å². The van der Waals surface area contributed by atoms with Gasteiger partial charge in [0.05, 0.1) is 18.2 Å². The SMILES string of the molecule is COc1cccc(CON2C(=O)c3ccccc3C2=O)c1. The standard InChI is InChI=1S/C16H13NO4/c1-20-12-6-4-5-11(9-12)10-21-17-15(18)13-7-2-3-8-14(13)16(17)19/h2-9H,10H2,1H3. The summed E-state index contributed by atoms with van der Waals surface area (Å²) < 4.78 is 5.12. The maximum absolute atomic E-state index is 12.1. The molecule has 1 heterocycles. The van der Waals surface area contributed by atoms with Crippen LogP contribution >= 0.6 is 0 Å². The van der Waals surface area contributed by atoms with Gasteiger partial charge in [-0.3, -0.25) is 14.4 Å². The molecule has 0 saturated heterocycles. The lowest BCUT2D eigenvalue weighted by molar-refractivity contribution is -0.101. The molecule has 2 amide bonds. The largest absolute Gasteiger partial charge is 0.497 e. The highest BCUT2D eigenvalue weighted by Crippen LogP contribution is 2.23. The molecule has 2 aromatic rings. The molecule has 0 aliphatic carbocycles. The third-order valence-corrected chi connectivity index (χ3v) is 3.25. The Morgan fingerprint density at radius 2 is 1.62 bits per heavy atom. The summed E-state index contributed by atoms with van der Waals surface area (Å²) in [5, 5.41) is 0.810. The molecule has 5 heteroatoms. The first kappa shape index (κ1) is 13.3. The van der Waals surface area contributed by atoms with Crippen molar-refractivity contribution in [2.24, 2.45) is 0 Å². The van der Waals surface area contributed by atoms with Crippen molar-refractivity contribution in [1.29, 1.82) is 0 Å². The molecule has 0 unspecified atom stereocenters. The van der Waals surface area contributed by atoms with Gasteiger partial charge in [-0.2, -0.15) is 0 Å². The van der Waals surface area contributed by atoms with Crippen LogP contribution in [0.2, 0.25) is 0 Å². The summed E-state index contributed by atoms with van der Waals surface area (Å²) in [6.07, 6.45) is 0. The molecule has 3 rings (SSSR count). The van der Waals surface area contributed by atoms with Crippen LogP contribution in [-0.2, 0) is 11.4 Å². The number of fused-ring (bicyclic) bond motifs is 1. The molecule has 1 aliphatic heterocycles. The number of rotatable bonds is 4. The second-order valence-electron chi connectivity index (χ2n) is 4.58. The van der Waals surface area contributed by atoms with E-state index in [0.29, 0.717) is 16.9 Å². The van der Waals surface area contributed by atoms with Crippen LogP contribution in [0.25, 0.3) is 0 Å². The lowest BCUT2D eigenvalue weighted by atomic mass is 10.1. The number of hydrogen-bond acceptors (Lipinski definition) is 4. The second-order valence-corrected chi connectivity index (χ2v) is 4.58. The summed E-state index contributed by atoms with van der Waals surface area (Å²) >= 11 is 0. The highest BCUT2D eigenvalue weighted by Gasteiger charge is 2.36. The number of hydroxylamine groups is 2. The van der Waals surface area contributed by atoms with Crippen molar-refractivity contribution in [3.8, 4) is 5.75 Å². The molecular formula is C16H13NO4. The number of benzene rings is 2. The maximum Gasteiger partial charge on any atom is 0.285 e. The van der Waals surface area contributed by atoms with Crippen LogP contribution in [0.15, 0.2) is 48.5 Å². The molecule has 1 aliphatic rings. The van der Waals surface area contributed by atoms with Gasteiger partial charge in [-0.15, -0.1) is 5.06 Å². The minimum atomic E-state index is -0.432. The molecule has 5 nitrogen and oxygen atoms in total. The number of nitrogens with zero attached hydrogens (tertiary/aromatic N) is 1. The molecule has 0 spiro atoms. The lowest BCUT2D eigenvalue weighted by Gasteiger charge is -2.13. The molecule has 2 aromatic carbocycles. The van der Waals surface area contributed by atoms with E-state index in [1.54, 1.807) is 37.4 Å². The topological polar surface area (TPSA) is 55.8 Å². The molecule has 0 aromatic heterocycles. The average Bonchev–Trinajstić information content (AvgIpc) is 2.78. The minimum Gasteiger partial charge on any atom is -0.497 e. The van der Waals surface area contributed by atoms with Crippen molar-refractivity contribution in [3.05, 3.63) is 65.2 Å². The Kier molecular flexibility index (Phi) is 3.41. The molecule has 21 heavy (non-hydrogen) atoms. The number of carbonyl (C=O) groups is 2. The molecule has 106 valence electrons. The van der Waals surface area contributed by atoms with Crippen molar-refractivity contribution >= 4 is 11.8 Å². The van der Waals surface area contributed by atoms with Gasteiger partial charge in [-0.05, 0) is 29.8 Å². The quantitative estimate of drug-likeness (QED) is 0.809. The smallest absolute Gasteiger partial charge is 0.285 e. The number of imide groups is 1. The monoisotopic (exact) mass is 283 g/mol. The molecule has 0 fully saturated rings. The predicted octanol–water partition coefficient (Wildman–Crippen LogP) is 2.42. The summed E-state index contributed by atoms with van der Waals surface area (Å²) in [6, 6.07) is 13.9. The zero-order valence-electron chi connectivity index (χ0n) is 11.4. The minimum absolute atomic E-state index is 0.114. The molecule has 0 bridgehead atoms. The molecule has 0 saturated carbocycles. The Balaban J connectivity index is 1.75. The summed E-state index contributed by atoms with van der Waals surface area (Å²) in [4.78, 5) is 29.6. The van der Waals surface area contributed by atoms with Crippen molar-refractivity contribution in [2.45, 2.75) is 6.61 Å². The number of ether oxygens (including phenoxy) is 1. The van der Waals surface area contributed by atoms with E-state index in [2.05, 4.69) is 0 Å². The van der Waals surface area contributed by atoms with Crippen LogP contribution in [0.3, 0.4) is 0 Å². The van der Waals surface area contributed by atoms with Crippen molar-refractivity contribution in [2.75, 3.05) is 7.11 Å². The zero-order valence-corrected chi connectivity index (χ0v) is 11.4. The van der Waals surface area contributed by atoms with E-state index in [1.807, 2.05) is 18.2 Å². The molecule has 0 atom stereocenters. The van der Waals surface area contributed by atoms with E-state index in [9.17, 15) is 9.59 Å². The molecule has 0 radical (unpaired) electrons. The Morgan fingerprint density at radius 3 is 2.24 bits per heavy atom. The van der Waals surface area contributed by atoms with Crippen molar-refractivity contribution in [3.63, 3.8) is 0 Å².